The van der Waals surface area contributed by atoms with Gasteiger partial charge in [0.25, 0.3) is 0 Å². The minimum absolute atomic E-state index is 0.393. The van der Waals surface area contributed by atoms with Gasteiger partial charge in [0.15, 0.2) is 15.7 Å². The molecule has 1 heterocycles. The van der Waals surface area contributed by atoms with E-state index < -0.39 is 14.6 Å². The summed E-state index contributed by atoms with van der Waals surface area (Å²) in [5.41, 5.74) is 0. The number of hydrogen-bond acceptors (Lipinski definition) is 5. The van der Waals surface area contributed by atoms with Gasteiger partial charge in [-0.3, -0.25) is 0 Å². The normalized spacial score (nSPS) is 13.2. The molecule has 6 heteroatoms. The van der Waals surface area contributed by atoms with Gasteiger partial charge in [-0.2, -0.15) is 0 Å². The second-order valence-electron chi connectivity index (χ2n) is 5.26. The van der Waals surface area contributed by atoms with Crippen molar-refractivity contribution in [1.82, 2.24) is 10.3 Å². The minimum atomic E-state index is -3.23. The first kappa shape index (κ1) is 15.2. The van der Waals surface area contributed by atoms with Gasteiger partial charge in [0.1, 0.15) is 10.5 Å². The monoisotopic (exact) mass is 274 g/mol. The number of oxazole rings is 1. The highest BCUT2D eigenvalue weighted by Crippen LogP contribution is 2.29. The molecule has 0 fully saturated rings. The van der Waals surface area contributed by atoms with Gasteiger partial charge in [-0.1, -0.05) is 13.8 Å². The molecule has 0 atom stereocenters. The highest BCUT2D eigenvalue weighted by molar-refractivity contribution is 7.91. The Morgan fingerprint density at radius 3 is 2.56 bits per heavy atom. The van der Waals surface area contributed by atoms with Crippen LogP contribution in [0, 0.1) is 0 Å². The van der Waals surface area contributed by atoms with Crippen LogP contribution in [0.15, 0.2) is 10.6 Å². The number of sulfone groups is 1. The first-order chi connectivity index (χ1) is 8.14. The lowest BCUT2D eigenvalue weighted by Gasteiger charge is -2.18. The van der Waals surface area contributed by atoms with Crippen LogP contribution in [0.3, 0.4) is 0 Å². The van der Waals surface area contributed by atoms with Crippen molar-refractivity contribution in [3.63, 3.8) is 0 Å². The van der Waals surface area contributed by atoms with E-state index in [-0.39, 0.29) is 0 Å². The molecule has 1 aromatic heterocycles. The fourth-order valence-corrected chi connectivity index (χ4v) is 1.81. The maximum Gasteiger partial charge on any atom is 0.195 e. The Bertz CT molecular complexity index is 489. The molecule has 0 radical (unpaired) electrons. The van der Waals surface area contributed by atoms with Crippen LogP contribution in [0.2, 0.25) is 0 Å². The van der Waals surface area contributed by atoms with Gasteiger partial charge in [0.2, 0.25) is 0 Å². The molecule has 18 heavy (non-hydrogen) atoms. The van der Waals surface area contributed by atoms with Gasteiger partial charge in [-0.25, -0.2) is 13.4 Å². The molecular weight excluding hydrogens is 252 g/mol. The van der Waals surface area contributed by atoms with Crippen molar-refractivity contribution in [1.29, 1.82) is 0 Å². The second-order valence-corrected chi connectivity index (χ2v) is 7.82. The number of aromatic nitrogens is 1. The third kappa shape index (κ3) is 3.55. The molecule has 104 valence electrons. The Morgan fingerprint density at radius 1 is 1.44 bits per heavy atom. The smallest absolute Gasteiger partial charge is 0.195 e. The Kier molecular flexibility index (Phi) is 4.55. The molecule has 0 aliphatic rings. The molecule has 0 spiro atoms. The zero-order valence-corrected chi connectivity index (χ0v) is 12.5. The Morgan fingerprint density at radius 2 is 2.06 bits per heavy atom. The van der Waals surface area contributed by atoms with E-state index in [1.54, 1.807) is 13.8 Å². The van der Waals surface area contributed by atoms with Crippen LogP contribution < -0.4 is 5.32 Å². The van der Waals surface area contributed by atoms with Crippen LogP contribution in [0.1, 0.15) is 39.3 Å². The molecule has 0 aromatic carbocycles. The first-order valence-corrected chi connectivity index (χ1v) is 7.92. The highest BCUT2D eigenvalue weighted by Gasteiger charge is 2.36. The van der Waals surface area contributed by atoms with Gasteiger partial charge in [-0.05, 0) is 13.8 Å². The zero-order valence-electron chi connectivity index (χ0n) is 11.6. The molecule has 5 nitrogen and oxygen atoms in total. The summed E-state index contributed by atoms with van der Waals surface area (Å²) in [5.74, 6) is 0.958. The topological polar surface area (TPSA) is 72.2 Å². The molecule has 1 rings (SSSR count). The van der Waals surface area contributed by atoms with Crippen molar-refractivity contribution in [2.75, 3.05) is 12.8 Å². The van der Waals surface area contributed by atoms with Crippen molar-refractivity contribution in [3.05, 3.63) is 17.8 Å². The molecule has 0 aliphatic heterocycles. The van der Waals surface area contributed by atoms with Crippen molar-refractivity contribution in [2.24, 2.45) is 0 Å². The molecule has 1 N–H and O–H groups in total. The summed E-state index contributed by atoms with van der Waals surface area (Å²) in [6.45, 7) is 8.14. The number of hydrogen-bond donors (Lipinski definition) is 1. The molecule has 0 saturated heterocycles. The number of nitrogens with one attached hydrogen (secondary N) is 1. The summed E-state index contributed by atoms with van der Waals surface area (Å²) >= 11 is 0. The SMILES string of the molecule is CC(C)NCCc1ncc(C(C)(C)S(C)(=O)=O)o1. The summed E-state index contributed by atoms with van der Waals surface area (Å²) in [4.78, 5) is 4.12. The van der Waals surface area contributed by atoms with Gasteiger partial charge in [-0.15, -0.1) is 0 Å². The maximum atomic E-state index is 11.7. The quantitative estimate of drug-likeness (QED) is 0.851. The molecule has 0 unspecified atom stereocenters. The molecule has 0 saturated carbocycles. The van der Waals surface area contributed by atoms with Crippen molar-refractivity contribution < 1.29 is 12.8 Å². The van der Waals surface area contributed by atoms with Crippen LogP contribution in [0.25, 0.3) is 0 Å². The van der Waals surface area contributed by atoms with Crippen LogP contribution in [0.5, 0.6) is 0 Å². The lowest BCUT2D eigenvalue weighted by molar-refractivity contribution is 0.408. The lowest BCUT2D eigenvalue weighted by Crippen LogP contribution is -2.27. The van der Waals surface area contributed by atoms with Gasteiger partial charge >= 0.3 is 0 Å². The summed E-state index contributed by atoms with van der Waals surface area (Å²) in [6, 6.07) is 0.409. The molecule has 0 amide bonds. The van der Waals surface area contributed by atoms with E-state index in [0.29, 0.717) is 24.1 Å². The molecule has 1 aromatic rings. The highest BCUT2D eigenvalue weighted by atomic mass is 32.2. The van der Waals surface area contributed by atoms with E-state index in [4.69, 9.17) is 4.42 Å². The summed E-state index contributed by atoms with van der Waals surface area (Å²) < 4.78 is 27.8. The van der Waals surface area contributed by atoms with Crippen LogP contribution >= 0.6 is 0 Å². The zero-order chi connectivity index (χ0) is 14.0. The Balaban J connectivity index is 2.75. The standard InChI is InChI=1S/C12H22N2O3S/c1-9(2)13-7-6-11-14-8-10(17-11)12(3,4)18(5,15)16/h8-9,13H,6-7H2,1-5H3. The average molecular weight is 274 g/mol. The summed E-state index contributed by atoms with van der Waals surface area (Å²) in [7, 11) is -3.23. The van der Waals surface area contributed by atoms with E-state index >= 15 is 0 Å². The van der Waals surface area contributed by atoms with Crippen molar-refractivity contribution in [3.8, 4) is 0 Å². The third-order valence-corrected chi connectivity index (χ3v) is 5.02. The van der Waals surface area contributed by atoms with Gasteiger partial charge < -0.3 is 9.73 Å². The number of rotatable bonds is 6. The molecule has 0 bridgehead atoms. The predicted octanol–water partition coefficient (Wildman–Crippen LogP) is 1.49. The second kappa shape index (κ2) is 5.40. The van der Waals surface area contributed by atoms with Crippen LogP contribution in [0.4, 0.5) is 0 Å². The van der Waals surface area contributed by atoms with Gasteiger partial charge in [0.05, 0.1) is 6.20 Å². The van der Waals surface area contributed by atoms with Gasteiger partial charge in [0, 0.05) is 25.3 Å². The lowest BCUT2D eigenvalue weighted by atomic mass is 10.2. The van der Waals surface area contributed by atoms with E-state index in [9.17, 15) is 8.42 Å². The van der Waals surface area contributed by atoms with E-state index in [1.165, 1.54) is 12.5 Å². The van der Waals surface area contributed by atoms with E-state index in [2.05, 4.69) is 24.1 Å². The van der Waals surface area contributed by atoms with E-state index in [0.717, 1.165) is 6.54 Å². The van der Waals surface area contributed by atoms with Crippen LogP contribution in [-0.2, 0) is 21.0 Å². The van der Waals surface area contributed by atoms with E-state index in [1.807, 2.05) is 0 Å². The first-order valence-electron chi connectivity index (χ1n) is 6.02. The maximum absolute atomic E-state index is 11.7. The minimum Gasteiger partial charge on any atom is -0.444 e. The Labute approximate surface area is 109 Å². The molecule has 0 aliphatic carbocycles. The average Bonchev–Trinajstić information content (AvgIpc) is 2.64. The fourth-order valence-electron chi connectivity index (χ4n) is 1.35. The summed E-state index contributed by atoms with van der Waals surface area (Å²) in [5, 5.41) is 3.25. The number of nitrogens with zero attached hydrogens (tertiary/aromatic N) is 1. The fraction of sp³-hybridized carbons (Fsp3) is 0.750. The molecular formula is C12H22N2O3S. The van der Waals surface area contributed by atoms with Crippen molar-refractivity contribution in [2.45, 2.75) is 44.9 Å². The Hall–Kier alpha value is -0.880. The third-order valence-electron chi connectivity index (χ3n) is 2.97. The van der Waals surface area contributed by atoms with Crippen molar-refractivity contribution >= 4 is 9.84 Å². The summed E-state index contributed by atoms with van der Waals surface area (Å²) in [6.07, 6.45) is 3.36. The largest absolute Gasteiger partial charge is 0.444 e. The van der Waals surface area contributed by atoms with Crippen LogP contribution in [-0.4, -0.2) is 32.2 Å². The predicted molar refractivity (Wildman–Crippen MR) is 71.2 cm³/mol.